The third kappa shape index (κ3) is 4.22. The Labute approximate surface area is 156 Å². The molecule has 0 amide bonds. The van der Waals surface area contributed by atoms with Crippen LogP contribution in [0.2, 0.25) is 5.02 Å². The van der Waals surface area contributed by atoms with Gasteiger partial charge in [-0.2, -0.15) is 13.2 Å². The smallest absolute Gasteiger partial charge is 0.454 e. The minimum atomic E-state index is -4.77. The molecule has 1 aromatic carbocycles. The largest absolute Gasteiger partial charge is 0.711 e. The second-order valence-corrected chi connectivity index (χ2v) is 5.84. The van der Waals surface area contributed by atoms with Crippen LogP contribution in [0.4, 0.5) is 13.2 Å². The van der Waals surface area contributed by atoms with Crippen LogP contribution in [0.5, 0.6) is 5.75 Å². The number of furan rings is 1. The molecule has 0 saturated carbocycles. The van der Waals surface area contributed by atoms with Gasteiger partial charge in [-0.3, -0.25) is 0 Å². The van der Waals surface area contributed by atoms with Crippen molar-refractivity contribution < 1.29 is 27.1 Å². The van der Waals surface area contributed by atoms with E-state index < -0.39 is 11.9 Å². The molecule has 9 heteroatoms. The van der Waals surface area contributed by atoms with E-state index in [1.54, 1.807) is 30.3 Å². The molecule has 140 valence electrons. The van der Waals surface area contributed by atoms with E-state index >= 15 is 0 Å². The van der Waals surface area contributed by atoms with Crippen molar-refractivity contribution in [2.24, 2.45) is 0 Å². The van der Waals surface area contributed by atoms with Crippen LogP contribution in [0, 0.1) is 5.21 Å². The fourth-order valence-corrected chi connectivity index (χ4v) is 2.52. The van der Waals surface area contributed by atoms with E-state index in [9.17, 15) is 18.4 Å². The van der Waals surface area contributed by atoms with Crippen LogP contribution in [0.25, 0.3) is 23.5 Å². The summed E-state index contributed by atoms with van der Waals surface area (Å²) in [5.41, 5.74) is -0.747. The molecular weight excluding hydrogens is 385 g/mol. The molecule has 2 heterocycles. The van der Waals surface area contributed by atoms with E-state index in [1.807, 2.05) is 0 Å². The Bertz CT molecular complexity index is 1000. The summed E-state index contributed by atoms with van der Waals surface area (Å²) < 4.78 is 48.9. The Morgan fingerprint density at radius 2 is 1.96 bits per heavy atom. The average molecular weight is 397 g/mol. The molecule has 0 atom stereocenters. The summed E-state index contributed by atoms with van der Waals surface area (Å²) in [6, 6.07) is 9.02. The Morgan fingerprint density at radius 3 is 2.67 bits per heavy atom. The van der Waals surface area contributed by atoms with E-state index in [0.29, 0.717) is 40.2 Å². The van der Waals surface area contributed by atoms with Gasteiger partial charge in [0, 0.05) is 11.1 Å². The minimum absolute atomic E-state index is 0.0345. The van der Waals surface area contributed by atoms with Crippen molar-refractivity contribution in [1.29, 1.82) is 0 Å². The second kappa shape index (κ2) is 7.32. The van der Waals surface area contributed by atoms with Crippen molar-refractivity contribution in [2.75, 3.05) is 7.11 Å². The van der Waals surface area contributed by atoms with Gasteiger partial charge < -0.3 is 14.4 Å². The van der Waals surface area contributed by atoms with Gasteiger partial charge in [0.2, 0.25) is 5.69 Å². The molecule has 27 heavy (non-hydrogen) atoms. The van der Waals surface area contributed by atoms with Crippen LogP contribution in [0.3, 0.4) is 0 Å². The Hall–Kier alpha value is -3.00. The van der Waals surface area contributed by atoms with Crippen LogP contribution in [0.15, 0.2) is 47.1 Å². The van der Waals surface area contributed by atoms with Crippen LogP contribution in [-0.4, -0.2) is 12.1 Å². The van der Waals surface area contributed by atoms with Gasteiger partial charge in [-0.1, -0.05) is 11.6 Å². The molecule has 0 radical (unpaired) electrons. The zero-order chi connectivity index (χ0) is 19.6. The number of ether oxygens (including phenoxy) is 1. The molecule has 3 rings (SSSR count). The molecule has 0 bridgehead atoms. The van der Waals surface area contributed by atoms with E-state index in [-0.39, 0.29) is 10.4 Å². The molecule has 2 aromatic heterocycles. The molecule has 0 aliphatic rings. The van der Waals surface area contributed by atoms with Crippen LogP contribution >= 0.6 is 11.6 Å². The summed E-state index contributed by atoms with van der Waals surface area (Å²) in [4.78, 5) is 3.66. The first-order chi connectivity index (χ1) is 12.8. The number of hydrogen-bond donors (Lipinski definition) is 0. The van der Waals surface area contributed by atoms with Gasteiger partial charge >= 0.3 is 6.18 Å². The van der Waals surface area contributed by atoms with Crippen molar-refractivity contribution in [3.63, 3.8) is 0 Å². The summed E-state index contributed by atoms with van der Waals surface area (Å²) in [5.74, 6) is 1.41. The number of hydrogen-bond acceptors (Lipinski definition) is 4. The third-order valence-corrected chi connectivity index (χ3v) is 3.83. The average Bonchev–Trinajstić information content (AvgIpc) is 3.09. The van der Waals surface area contributed by atoms with E-state index in [4.69, 9.17) is 20.8 Å². The highest BCUT2D eigenvalue weighted by Gasteiger charge is 2.37. The molecule has 0 unspecified atom stereocenters. The summed E-state index contributed by atoms with van der Waals surface area (Å²) in [5, 5.41) is 11.7. The maximum Gasteiger partial charge on any atom is 0.454 e. The van der Waals surface area contributed by atoms with E-state index in [0.717, 1.165) is 0 Å². The lowest BCUT2D eigenvalue weighted by molar-refractivity contribution is -0.632. The normalized spacial score (nSPS) is 11.9. The third-order valence-electron chi connectivity index (χ3n) is 3.60. The number of aromatic nitrogens is 2. The molecule has 0 saturated heterocycles. The maximum atomic E-state index is 12.8. The Kier molecular flexibility index (Phi) is 5.09. The van der Waals surface area contributed by atoms with Crippen molar-refractivity contribution >= 4 is 23.8 Å². The first-order valence-electron chi connectivity index (χ1n) is 7.56. The molecule has 0 N–H and O–H groups in total. The summed E-state index contributed by atoms with van der Waals surface area (Å²) >= 11 is 6.00. The summed E-state index contributed by atoms with van der Waals surface area (Å²) in [6.45, 7) is 0. The predicted octanol–water partition coefficient (Wildman–Crippen LogP) is 4.83. The Morgan fingerprint density at radius 1 is 1.19 bits per heavy atom. The highest BCUT2D eigenvalue weighted by Crippen LogP contribution is 2.34. The number of halogens is 4. The lowest BCUT2D eigenvalue weighted by atomic mass is 10.1. The Balaban J connectivity index is 1.88. The van der Waals surface area contributed by atoms with Gasteiger partial charge in [-0.05, 0) is 47.5 Å². The van der Waals surface area contributed by atoms with Crippen LogP contribution in [-0.2, 0) is 6.18 Å². The topological polar surface area (TPSA) is 62.2 Å². The minimum Gasteiger partial charge on any atom is -0.711 e. The first kappa shape index (κ1) is 18.8. The molecular formula is C18H12ClF3N2O3. The van der Waals surface area contributed by atoms with Gasteiger partial charge in [0.15, 0.2) is 5.69 Å². The first-order valence-corrected chi connectivity index (χ1v) is 7.94. The van der Waals surface area contributed by atoms with E-state index in [1.165, 1.54) is 19.3 Å². The van der Waals surface area contributed by atoms with Gasteiger partial charge in [-0.15, -0.1) is 0 Å². The fourth-order valence-electron chi connectivity index (χ4n) is 2.35. The number of rotatable bonds is 4. The van der Waals surface area contributed by atoms with Crippen LogP contribution < -0.4 is 9.47 Å². The molecule has 0 aliphatic heterocycles. The van der Waals surface area contributed by atoms with Crippen molar-refractivity contribution in [3.05, 3.63) is 70.1 Å². The summed E-state index contributed by atoms with van der Waals surface area (Å²) in [6.07, 6.45) is -1.45. The van der Waals surface area contributed by atoms with Gasteiger partial charge in [0.1, 0.15) is 17.3 Å². The summed E-state index contributed by atoms with van der Waals surface area (Å²) in [7, 11) is 1.51. The lowest BCUT2D eigenvalue weighted by Gasteiger charge is -2.10. The highest BCUT2D eigenvalue weighted by molar-refractivity contribution is 6.30. The molecule has 5 nitrogen and oxygen atoms in total. The van der Waals surface area contributed by atoms with Crippen molar-refractivity contribution in [2.45, 2.75) is 6.18 Å². The van der Waals surface area contributed by atoms with Gasteiger partial charge in [0.25, 0.3) is 6.33 Å². The monoisotopic (exact) mass is 396 g/mol. The second-order valence-electron chi connectivity index (χ2n) is 5.40. The standard InChI is InChI=1S/C18H12ClF3N2O3/c1-26-15-6-2-11(19)8-14(15)16-7-5-13(27-16)4-3-12-9-17(18(20,21)22)24(25)10-23-12/h2-10H,1H3. The number of alkyl halides is 3. The zero-order valence-electron chi connectivity index (χ0n) is 13.8. The van der Waals surface area contributed by atoms with Crippen LogP contribution in [0.1, 0.15) is 17.1 Å². The van der Waals surface area contributed by atoms with Crippen molar-refractivity contribution in [1.82, 2.24) is 4.98 Å². The van der Waals surface area contributed by atoms with Gasteiger partial charge in [0.05, 0.1) is 12.7 Å². The van der Waals surface area contributed by atoms with E-state index in [2.05, 4.69) is 4.98 Å². The van der Waals surface area contributed by atoms with Crippen molar-refractivity contribution in [3.8, 4) is 17.1 Å². The number of benzene rings is 1. The maximum absolute atomic E-state index is 12.8. The highest BCUT2D eigenvalue weighted by atomic mass is 35.5. The van der Waals surface area contributed by atoms with Gasteiger partial charge in [-0.25, -0.2) is 4.73 Å². The molecule has 0 aliphatic carbocycles. The molecule has 0 spiro atoms. The fraction of sp³-hybridized carbons (Fsp3) is 0.111. The quantitative estimate of drug-likeness (QED) is 0.468. The number of methoxy groups -OCH3 is 1. The number of nitrogens with zero attached hydrogens (tertiary/aromatic N) is 2. The molecule has 3 aromatic rings. The molecule has 0 fully saturated rings. The lowest BCUT2D eigenvalue weighted by Crippen LogP contribution is -2.37. The zero-order valence-corrected chi connectivity index (χ0v) is 14.6. The predicted molar refractivity (Wildman–Crippen MR) is 92.8 cm³/mol. The SMILES string of the molecule is COc1ccc(Cl)cc1-c1ccc(C=Cc2cc(C(F)(F)F)[n+]([O-])cn2)o1.